The summed E-state index contributed by atoms with van der Waals surface area (Å²) in [6.07, 6.45) is 4.29. The molecule has 0 aromatic carbocycles. The Bertz CT molecular complexity index is 278. The van der Waals surface area contributed by atoms with Gasteiger partial charge in [0, 0.05) is 27.3 Å². The summed E-state index contributed by atoms with van der Waals surface area (Å²) < 4.78 is 1.16. The van der Waals surface area contributed by atoms with Crippen molar-refractivity contribution in [1.82, 2.24) is 5.32 Å². The molecule has 0 fully saturated rings. The number of hydrogen-bond donors (Lipinski definition) is 1. The van der Waals surface area contributed by atoms with Crippen LogP contribution in [0.4, 0.5) is 0 Å². The zero-order valence-corrected chi connectivity index (χ0v) is 10.3. The lowest BCUT2D eigenvalue weighted by atomic mass is 10.3. The number of rotatable bonds is 4. The SMILES string of the molecule is CC(C)NCC=Cc1cc(Br)cs1. The molecule has 0 saturated carbocycles. The van der Waals surface area contributed by atoms with Gasteiger partial charge < -0.3 is 5.32 Å². The maximum absolute atomic E-state index is 3.43. The van der Waals surface area contributed by atoms with E-state index in [0.717, 1.165) is 11.0 Å². The molecule has 0 unspecified atom stereocenters. The maximum atomic E-state index is 3.43. The van der Waals surface area contributed by atoms with Gasteiger partial charge in [-0.05, 0) is 28.1 Å². The smallest absolute Gasteiger partial charge is 0.0288 e. The second kappa shape index (κ2) is 5.58. The maximum Gasteiger partial charge on any atom is 0.0288 e. The van der Waals surface area contributed by atoms with Gasteiger partial charge >= 0.3 is 0 Å². The van der Waals surface area contributed by atoms with Crippen molar-refractivity contribution in [3.63, 3.8) is 0 Å². The Balaban J connectivity index is 2.32. The van der Waals surface area contributed by atoms with Crippen molar-refractivity contribution in [3.8, 4) is 0 Å². The van der Waals surface area contributed by atoms with Gasteiger partial charge in [0.05, 0.1) is 0 Å². The fraction of sp³-hybridized carbons (Fsp3) is 0.400. The molecule has 0 aliphatic rings. The molecule has 0 spiro atoms. The monoisotopic (exact) mass is 259 g/mol. The molecule has 1 aromatic rings. The first-order chi connectivity index (χ1) is 6.18. The van der Waals surface area contributed by atoms with E-state index in [9.17, 15) is 0 Å². The first kappa shape index (κ1) is 11.0. The van der Waals surface area contributed by atoms with E-state index < -0.39 is 0 Å². The van der Waals surface area contributed by atoms with E-state index in [0.29, 0.717) is 6.04 Å². The van der Waals surface area contributed by atoms with Crippen LogP contribution < -0.4 is 5.32 Å². The molecule has 13 heavy (non-hydrogen) atoms. The van der Waals surface area contributed by atoms with Crippen molar-refractivity contribution >= 4 is 33.3 Å². The van der Waals surface area contributed by atoms with E-state index in [-0.39, 0.29) is 0 Å². The van der Waals surface area contributed by atoms with Crippen molar-refractivity contribution in [1.29, 1.82) is 0 Å². The van der Waals surface area contributed by atoms with Gasteiger partial charge in [0.15, 0.2) is 0 Å². The molecular weight excluding hydrogens is 246 g/mol. The molecule has 0 aliphatic carbocycles. The van der Waals surface area contributed by atoms with Crippen LogP contribution in [-0.2, 0) is 0 Å². The van der Waals surface area contributed by atoms with Gasteiger partial charge in [-0.25, -0.2) is 0 Å². The van der Waals surface area contributed by atoms with Crippen molar-refractivity contribution in [2.24, 2.45) is 0 Å². The molecule has 1 aromatic heterocycles. The summed E-state index contributed by atoms with van der Waals surface area (Å²) in [5.74, 6) is 0. The van der Waals surface area contributed by atoms with Crippen LogP contribution in [0.5, 0.6) is 0 Å². The molecule has 3 heteroatoms. The highest BCUT2D eigenvalue weighted by Gasteiger charge is 1.91. The Morgan fingerprint density at radius 3 is 2.92 bits per heavy atom. The average molecular weight is 260 g/mol. The van der Waals surface area contributed by atoms with Gasteiger partial charge in [0.25, 0.3) is 0 Å². The third-order valence-electron chi connectivity index (χ3n) is 1.51. The highest BCUT2D eigenvalue weighted by Crippen LogP contribution is 2.20. The summed E-state index contributed by atoms with van der Waals surface area (Å²) >= 11 is 5.17. The minimum Gasteiger partial charge on any atom is -0.311 e. The minimum absolute atomic E-state index is 0.555. The van der Waals surface area contributed by atoms with Gasteiger partial charge in [-0.2, -0.15) is 0 Å². The van der Waals surface area contributed by atoms with Gasteiger partial charge in [0.2, 0.25) is 0 Å². The van der Waals surface area contributed by atoms with Crippen LogP contribution >= 0.6 is 27.3 Å². The second-order valence-corrected chi connectivity index (χ2v) is 4.99. The predicted octanol–water partition coefficient (Wildman–Crippen LogP) is 3.52. The highest BCUT2D eigenvalue weighted by molar-refractivity contribution is 9.10. The first-order valence-corrected chi connectivity index (χ1v) is 5.99. The van der Waals surface area contributed by atoms with Crippen molar-refractivity contribution in [2.45, 2.75) is 19.9 Å². The topological polar surface area (TPSA) is 12.0 Å². The largest absolute Gasteiger partial charge is 0.311 e. The number of thiophene rings is 1. The Morgan fingerprint density at radius 1 is 1.62 bits per heavy atom. The Kier molecular flexibility index (Phi) is 4.70. The summed E-state index contributed by atoms with van der Waals surface area (Å²) in [5.41, 5.74) is 0. The Labute approximate surface area is 92.0 Å². The van der Waals surface area contributed by atoms with Gasteiger partial charge in [-0.3, -0.25) is 0 Å². The summed E-state index contributed by atoms with van der Waals surface area (Å²) in [7, 11) is 0. The summed E-state index contributed by atoms with van der Waals surface area (Å²) in [6, 6.07) is 2.68. The van der Waals surface area contributed by atoms with Crippen LogP contribution in [0.15, 0.2) is 22.0 Å². The van der Waals surface area contributed by atoms with Gasteiger partial charge in [-0.1, -0.05) is 19.9 Å². The molecule has 1 N–H and O–H groups in total. The molecule has 0 amide bonds. The van der Waals surface area contributed by atoms with Crippen molar-refractivity contribution in [2.75, 3.05) is 6.54 Å². The molecule has 1 nitrogen and oxygen atoms in total. The van der Waals surface area contributed by atoms with Crippen LogP contribution in [0.3, 0.4) is 0 Å². The zero-order chi connectivity index (χ0) is 9.68. The van der Waals surface area contributed by atoms with Crippen molar-refractivity contribution < 1.29 is 0 Å². The van der Waals surface area contributed by atoms with Crippen LogP contribution in [0.2, 0.25) is 0 Å². The third kappa shape index (κ3) is 4.60. The summed E-state index contributed by atoms with van der Waals surface area (Å²) in [4.78, 5) is 1.29. The molecule has 0 aliphatic heterocycles. The first-order valence-electron chi connectivity index (χ1n) is 4.32. The van der Waals surface area contributed by atoms with E-state index in [2.05, 4.69) is 58.7 Å². The normalized spacial score (nSPS) is 11.7. The molecule has 1 heterocycles. The summed E-state index contributed by atoms with van der Waals surface area (Å²) in [6.45, 7) is 5.23. The number of nitrogens with one attached hydrogen (secondary N) is 1. The molecule has 0 radical (unpaired) electrons. The van der Waals surface area contributed by atoms with Gasteiger partial charge in [-0.15, -0.1) is 11.3 Å². The quantitative estimate of drug-likeness (QED) is 0.873. The molecule has 0 saturated heterocycles. The summed E-state index contributed by atoms with van der Waals surface area (Å²) in [5, 5.41) is 5.42. The lowest BCUT2D eigenvalue weighted by Crippen LogP contribution is -2.22. The standard InChI is InChI=1S/C10H14BrNS/c1-8(2)12-5-3-4-10-6-9(11)7-13-10/h3-4,6-8,12H,5H2,1-2H3. The average Bonchev–Trinajstić information content (AvgIpc) is 2.45. The second-order valence-electron chi connectivity index (χ2n) is 3.13. The van der Waals surface area contributed by atoms with Gasteiger partial charge in [0.1, 0.15) is 0 Å². The van der Waals surface area contributed by atoms with Crippen LogP contribution in [0, 0.1) is 0 Å². The van der Waals surface area contributed by atoms with Crippen LogP contribution in [0.25, 0.3) is 6.08 Å². The molecular formula is C10H14BrNS. The molecule has 72 valence electrons. The molecule has 1 rings (SSSR count). The lowest BCUT2D eigenvalue weighted by Gasteiger charge is -2.02. The Morgan fingerprint density at radius 2 is 2.38 bits per heavy atom. The fourth-order valence-corrected chi connectivity index (χ4v) is 2.26. The third-order valence-corrected chi connectivity index (χ3v) is 3.17. The van der Waals surface area contributed by atoms with E-state index in [1.165, 1.54) is 4.88 Å². The molecule has 0 bridgehead atoms. The number of halogens is 1. The lowest BCUT2D eigenvalue weighted by molar-refractivity contribution is 0.633. The predicted molar refractivity (Wildman–Crippen MR) is 64.2 cm³/mol. The molecule has 0 atom stereocenters. The minimum atomic E-state index is 0.555. The van der Waals surface area contributed by atoms with Crippen LogP contribution in [0.1, 0.15) is 18.7 Å². The van der Waals surface area contributed by atoms with E-state index in [1.54, 1.807) is 11.3 Å². The van der Waals surface area contributed by atoms with E-state index >= 15 is 0 Å². The van der Waals surface area contributed by atoms with E-state index in [4.69, 9.17) is 0 Å². The zero-order valence-electron chi connectivity index (χ0n) is 7.88. The van der Waals surface area contributed by atoms with Crippen molar-refractivity contribution in [3.05, 3.63) is 26.9 Å². The number of hydrogen-bond acceptors (Lipinski definition) is 2. The fourth-order valence-electron chi connectivity index (χ4n) is 0.894. The highest BCUT2D eigenvalue weighted by atomic mass is 79.9. The van der Waals surface area contributed by atoms with E-state index in [1.807, 2.05) is 0 Å². The van der Waals surface area contributed by atoms with Crippen LogP contribution in [-0.4, -0.2) is 12.6 Å². The Hall–Kier alpha value is -0.120.